The molecule has 0 spiro atoms. The highest BCUT2D eigenvalue weighted by Gasteiger charge is 2.11. The molecule has 0 bridgehead atoms. The number of amides is 1. The summed E-state index contributed by atoms with van der Waals surface area (Å²) >= 11 is 3.45. The first-order valence-corrected chi connectivity index (χ1v) is 7.57. The van der Waals surface area contributed by atoms with Crippen LogP contribution in [0.2, 0.25) is 0 Å². The molecule has 2 N–H and O–H groups in total. The average molecular weight is 343 g/mol. The van der Waals surface area contributed by atoms with Gasteiger partial charge in [-0.25, -0.2) is 0 Å². The Morgan fingerprint density at radius 2 is 1.81 bits per heavy atom. The van der Waals surface area contributed by atoms with Crippen molar-refractivity contribution in [2.24, 2.45) is 5.73 Å². The Morgan fingerprint density at radius 1 is 1.10 bits per heavy atom. The topological polar surface area (TPSA) is 48.0 Å². The van der Waals surface area contributed by atoms with Crippen LogP contribution in [-0.2, 0) is 11.3 Å². The predicted molar refractivity (Wildman–Crippen MR) is 88.9 cm³/mol. The number of rotatable bonds is 4. The second-order valence-corrected chi connectivity index (χ2v) is 5.88. The number of fused-ring (bicyclic) bond motifs is 1. The van der Waals surface area contributed by atoms with Crippen molar-refractivity contribution >= 4 is 32.7 Å². The maximum absolute atomic E-state index is 11.1. The Balaban J connectivity index is 2.13. The summed E-state index contributed by atoms with van der Waals surface area (Å²) < 4.78 is 3.20. The normalized spacial score (nSPS) is 10.9. The van der Waals surface area contributed by atoms with Crippen LogP contribution in [0.1, 0.15) is 6.42 Å². The van der Waals surface area contributed by atoms with Crippen LogP contribution in [-0.4, -0.2) is 10.5 Å². The van der Waals surface area contributed by atoms with E-state index in [2.05, 4.69) is 50.8 Å². The number of aryl methyl sites for hydroxylation is 1. The molecule has 0 radical (unpaired) electrons. The van der Waals surface area contributed by atoms with Gasteiger partial charge >= 0.3 is 0 Å². The zero-order valence-corrected chi connectivity index (χ0v) is 13.0. The lowest BCUT2D eigenvalue weighted by Crippen LogP contribution is -2.14. The number of nitrogens with zero attached hydrogens (tertiary/aromatic N) is 1. The second-order valence-electron chi connectivity index (χ2n) is 4.96. The number of para-hydroxylation sites is 1. The molecule has 1 amide bonds. The first-order chi connectivity index (χ1) is 10.1. The maximum atomic E-state index is 11.1. The molecule has 3 rings (SSSR count). The second kappa shape index (κ2) is 5.74. The molecule has 0 aliphatic heterocycles. The standard InChI is InChI=1S/C17H15BrN2O/c18-14-7-5-12(6-8-14)16-11-13-3-1-2-4-15(13)20(16)10-9-17(19)21/h1-8,11H,9-10H2,(H2,19,21). The van der Waals surface area contributed by atoms with Gasteiger partial charge in [0.1, 0.15) is 0 Å². The Bertz CT molecular complexity index is 790. The SMILES string of the molecule is NC(=O)CCn1c(-c2ccc(Br)cc2)cc2ccccc21. The molecular formula is C17H15BrN2O. The Labute approximate surface area is 131 Å². The van der Waals surface area contributed by atoms with Gasteiger partial charge in [-0.2, -0.15) is 0 Å². The first-order valence-electron chi connectivity index (χ1n) is 6.77. The zero-order valence-electron chi connectivity index (χ0n) is 11.4. The fourth-order valence-corrected chi connectivity index (χ4v) is 2.80. The highest BCUT2D eigenvalue weighted by atomic mass is 79.9. The van der Waals surface area contributed by atoms with E-state index in [-0.39, 0.29) is 5.91 Å². The van der Waals surface area contributed by atoms with Crippen LogP contribution in [0, 0.1) is 0 Å². The Kier molecular flexibility index (Phi) is 3.80. The highest BCUT2D eigenvalue weighted by Crippen LogP contribution is 2.29. The number of hydrogen-bond acceptors (Lipinski definition) is 1. The van der Waals surface area contributed by atoms with Crippen molar-refractivity contribution in [3.05, 3.63) is 59.1 Å². The molecule has 0 aliphatic carbocycles. The Morgan fingerprint density at radius 3 is 2.52 bits per heavy atom. The number of halogens is 1. The minimum absolute atomic E-state index is 0.283. The van der Waals surface area contributed by atoms with Crippen LogP contribution in [0.15, 0.2) is 59.1 Å². The molecular weight excluding hydrogens is 328 g/mol. The van der Waals surface area contributed by atoms with Crippen molar-refractivity contribution in [3.63, 3.8) is 0 Å². The van der Waals surface area contributed by atoms with Gasteiger partial charge in [0.2, 0.25) is 5.91 Å². The lowest BCUT2D eigenvalue weighted by atomic mass is 10.1. The number of carbonyl (C=O) groups excluding carboxylic acids is 1. The van der Waals surface area contributed by atoms with E-state index in [0.717, 1.165) is 21.2 Å². The van der Waals surface area contributed by atoms with Crippen molar-refractivity contribution in [2.75, 3.05) is 0 Å². The zero-order chi connectivity index (χ0) is 14.8. The van der Waals surface area contributed by atoms with E-state index in [1.165, 1.54) is 5.39 Å². The van der Waals surface area contributed by atoms with E-state index >= 15 is 0 Å². The molecule has 3 aromatic rings. The molecule has 0 atom stereocenters. The molecule has 4 heteroatoms. The summed E-state index contributed by atoms with van der Waals surface area (Å²) in [5.41, 5.74) is 8.65. The average Bonchev–Trinajstić information content (AvgIpc) is 2.84. The van der Waals surface area contributed by atoms with Gasteiger partial charge in [-0.3, -0.25) is 4.79 Å². The lowest BCUT2D eigenvalue weighted by Gasteiger charge is -2.10. The van der Waals surface area contributed by atoms with Crippen molar-refractivity contribution in [3.8, 4) is 11.3 Å². The third-order valence-electron chi connectivity index (χ3n) is 3.53. The quantitative estimate of drug-likeness (QED) is 0.766. The highest BCUT2D eigenvalue weighted by molar-refractivity contribution is 9.10. The van der Waals surface area contributed by atoms with Crippen molar-refractivity contribution < 1.29 is 4.79 Å². The minimum Gasteiger partial charge on any atom is -0.370 e. The van der Waals surface area contributed by atoms with Gasteiger partial charge in [-0.1, -0.05) is 46.3 Å². The van der Waals surface area contributed by atoms with Crippen LogP contribution in [0.25, 0.3) is 22.2 Å². The number of benzene rings is 2. The smallest absolute Gasteiger partial charge is 0.219 e. The van der Waals surface area contributed by atoms with Gasteiger partial charge in [-0.05, 0) is 29.8 Å². The first kappa shape index (κ1) is 13.9. The molecule has 0 aliphatic rings. The largest absolute Gasteiger partial charge is 0.370 e. The molecule has 1 heterocycles. The molecule has 21 heavy (non-hydrogen) atoms. The van der Waals surface area contributed by atoms with Crippen molar-refractivity contribution in [1.82, 2.24) is 4.57 Å². The number of nitrogens with two attached hydrogens (primary N) is 1. The number of hydrogen-bond donors (Lipinski definition) is 1. The fraction of sp³-hybridized carbons (Fsp3) is 0.118. The maximum Gasteiger partial charge on any atom is 0.219 e. The van der Waals surface area contributed by atoms with Gasteiger partial charge in [0.15, 0.2) is 0 Å². The van der Waals surface area contributed by atoms with Crippen molar-refractivity contribution in [1.29, 1.82) is 0 Å². The van der Waals surface area contributed by atoms with E-state index in [4.69, 9.17) is 5.73 Å². The van der Waals surface area contributed by atoms with Crippen LogP contribution in [0.3, 0.4) is 0 Å². The van der Waals surface area contributed by atoms with Gasteiger partial charge in [0.25, 0.3) is 0 Å². The van der Waals surface area contributed by atoms with E-state index in [1.807, 2.05) is 24.3 Å². The number of carbonyl (C=O) groups is 1. The summed E-state index contributed by atoms with van der Waals surface area (Å²) in [6, 6.07) is 18.5. The molecule has 1 aromatic heterocycles. The summed E-state index contributed by atoms with van der Waals surface area (Å²) in [6.07, 6.45) is 0.336. The van der Waals surface area contributed by atoms with Gasteiger partial charge in [0.05, 0.1) is 0 Å². The number of primary amides is 1. The molecule has 0 saturated heterocycles. The van der Waals surface area contributed by atoms with E-state index < -0.39 is 0 Å². The third-order valence-corrected chi connectivity index (χ3v) is 4.06. The fourth-order valence-electron chi connectivity index (χ4n) is 2.53. The van der Waals surface area contributed by atoms with Gasteiger partial charge in [0, 0.05) is 34.0 Å². The Hall–Kier alpha value is -2.07. The molecule has 3 nitrogen and oxygen atoms in total. The molecule has 0 saturated carbocycles. The van der Waals surface area contributed by atoms with Gasteiger partial charge in [-0.15, -0.1) is 0 Å². The molecule has 106 valence electrons. The van der Waals surface area contributed by atoms with Crippen LogP contribution < -0.4 is 5.73 Å². The summed E-state index contributed by atoms with van der Waals surface area (Å²) in [7, 11) is 0. The molecule has 2 aromatic carbocycles. The molecule has 0 fully saturated rings. The monoisotopic (exact) mass is 342 g/mol. The minimum atomic E-state index is -0.283. The van der Waals surface area contributed by atoms with E-state index in [9.17, 15) is 4.79 Å². The third kappa shape index (κ3) is 2.85. The van der Waals surface area contributed by atoms with Crippen LogP contribution >= 0.6 is 15.9 Å². The van der Waals surface area contributed by atoms with Crippen LogP contribution in [0.4, 0.5) is 0 Å². The van der Waals surface area contributed by atoms with Gasteiger partial charge < -0.3 is 10.3 Å². The van der Waals surface area contributed by atoms with E-state index in [1.54, 1.807) is 0 Å². The van der Waals surface area contributed by atoms with Crippen molar-refractivity contribution in [2.45, 2.75) is 13.0 Å². The number of aromatic nitrogens is 1. The van der Waals surface area contributed by atoms with E-state index in [0.29, 0.717) is 13.0 Å². The predicted octanol–water partition coefficient (Wildman–Crippen LogP) is 3.95. The summed E-state index contributed by atoms with van der Waals surface area (Å²) in [5, 5.41) is 1.17. The lowest BCUT2D eigenvalue weighted by molar-refractivity contribution is -0.118. The van der Waals surface area contributed by atoms with Crippen LogP contribution in [0.5, 0.6) is 0 Å². The summed E-state index contributed by atoms with van der Waals surface area (Å²) in [5.74, 6) is -0.283. The molecule has 0 unspecified atom stereocenters. The summed E-state index contributed by atoms with van der Waals surface area (Å²) in [6.45, 7) is 0.592. The summed E-state index contributed by atoms with van der Waals surface area (Å²) in [4.78, 5) is 11.1.